The number of nitrogens with one attached hydrogen (secondary N) is 1. The van der Waals surface area contributed by atoms with Crippen LogP contribution in [0.15, 0.2) is 4.42 Å². The van der Waals surface area contributed by atoms with Crippen molar-refractivity contribution in [2.45, 2.75) is 13.0 Å². The lowest BCUT2D eigenvalue weighted by Crippen LogP contribution is -2.60. The number of amides is 2. The first-order chi connectivity index (χ1) is 8.51. The lowest BCUT2D eigenvalue weighted by atomic mass is 10.1. The number of likely N-dealkylation sites (tertiary alicyclic amines) is 1. The van der Waals surface area contributed by atoms with E-state index in [1.165, 1.54) is 4.90 Å². The summed E-state index contributed by atoms with van der Waals surface area (Å²) in [6, 6.07) is -0.238. The van der Waals surface area contributed by atoms with Gasteiger partial charge in [-0.25, -0.2) is 9.78 Å². The van der Waals surface area contributed by atoms with Gasteiger partial charge in [-0.15, -0.1) is 0 Å². The quantitative estimate of drug-likeness (QED) is 0.726. The van der Waals surface area contributed by atoms with Crippen LogP contribution in [0.25, 0.3) is 0 Å². The Labute approximate surface area is 102 Å². The van der Waals surface area contributed by atoms with E-state index in [9.17, 15) is 14.4 Å². The van der Waals surface area contributed by atoms with Crippen LogP contribution in [0, 0.1) is 6.92 Å². The number of hydrogen-bond acceptors (Lipinski definition) is 5. The number of nitrogens with zero attached hydrogens (tertiary/aromatic N) is 2. The highest BCUT2D eigenvalue weighted by atomic mass is 16.4. The predicted octanol–water partition coefficient (Wildman–Crippen LogP) is -0.112. The fourth-order valence-electron chi connectivity index (χ4n) is 1.66. The molecule has 2 heterocycles. The minimum Gasteiger partial charge on any atom is -0.465 e. The molecule has 1 fully saturated rings. The van der Waals surface area contributed by atoms with E-state index in [0.717, 1.165) is 0 Å². The van der Waals surface area contributed by atoms with E-state index in [1.807, 2.05) is 0 Å². The molecule has 0 atom stereocenters. The molecule has 1 saturated heterocycles. The molecule has 2 N–H and O–H groups in total. The zero-order valence-electron chi connectivity index (χ0n) is 9.54. The molecule has 1 aromatic rings. The van der Waals surface area contributed by atoms with Crippen LogP contribution in [0.4, 0.5) is 4.79 Å². The van der Waals surface area contributed by atoms with Crippen LogP contribution < -0.4 is 5.32 Å². The topological polar surface area (TPSA) is 113 Å². The molecule has 2 rings (SSSR count). The van der Waals surface area contributed by atoms with E-state index in [0.29, 0.717) is 12.0 Å². The van der Waals surface area contributed by atoms with Crippen LogP contribution in [0.5, 0.6) is 0 Å². The lowest BCUT2D eigenvalue weighted by molar-refractivity contribution is 0.0746. The Morgan fingerprint density at radius 2 is 2.22 bits per heavy atom. The Bertz CT molecular complexity index is 504. The standard InChI is InChI=1S/C10H11N3O5/c1-5-8(18-7(4-14)11-5)9(15)12-6-2-13(3-6)10(16)17/h4,6H,2-3H2,1H3,(H,12,15)(H,16,17). The molecule has 8 nitrogen and oxygen atoms in total. The summed E-state index contributed by atoms with van der Waals surface area (Å²) in [7, 11) is 0. The summed E-state index contributed by atoms with van der Waals surface area (Å²) in [5.41, 5.74) is 0.323. The van der Waals surface area contributed by atoms with Crippen molar-refractivity contribution >= 4 is 18.3 Å². The van der Waals surface area contributed by atoms with E-state index in [4.69, 9.17) is 9.52 Å². The summed E-state index contributed by atoms with van der Waals surface area (Å²) in [4.78, 5) is 37.6. The van der Waals surface area contributed by atoms with Crippen LogP contribution >= 0.6 is 0 Å². The number of hydrogen-bond donors (Lipinski definition) is 2. The number of rotatable bonds is 3. The summed E-state index contributed by atoms with van der Waals surface area (Å²) in [5, 5.41) is 11.2. The lowest BCUT2D eigenvalue weighted by Gasteiger charge is -2.37. The van der Waals surface area contributed by atoms with Gasteiger partial charge in [0.05, 0.1) is 11.7 Å². The van der Waals surface area contributed by atoms with Crippen molar-refractivity contribution in [3.63, 3.8) is 0 Å². The van der Waals surface area contributed by atoms with Gasteiger partial charge in [-0.2, -0.15) is 0 Å². The number of carbonyl (C=O) groups excluding carboxylic acids is 2. The summed E-state index contributed by atoms with van der Waals surface area (Å²) < 4.78 is 4.95. The van der Waals surface area contributed by atoms with Gasteiger partial charge in [-0.3, -0.25) is 9.59 Å². The average molecular weight is 253 g/mol. The molecule has 0 aromatic carbocycles. The Morgan fingerprint density at radius 3 is 2.72 bits per heavy atom. The Balaban J connectivity index is 1.94. The number of aromatic nitrogens is 1. The maximum Gasteiger partial charge on any atom is 0.407 e. The van der Waals surface area contributed by atoms with E-state index < -0.39 is 12.0 Å². The van der Waals surface area contributed by atoms with Gasteiger partial charge in [0.15, 0.2) is 0 Å². The first-order valence-electron chi connectivity index (χ1n) is 5.22. The second kappa shape index (κ2) is 4.47. The molecule has 0 spiro atoms. The van der Waals surface area contributed by atoms with Gasteiger partial charge >= 0.3 is 6.09 Å². The molecule has 8 heteroatoms. The third-order valence-corrected chi connectivity index (χ3v) is 2.61. The van der Waals surface area contributed by atoms with Crippen molar-refractivity contribution in [3.8, 4) is 0 Å². The fourth-order valence-corrected chi connectivity index (χ4v) is 1.66. The third-order valence-electron chi connectivity index (χ3n) is 2.61. The summed E-state index contributed by atoms with van der Waals surface area (Å²) >= 11 is 0. The van der Waals surface area contributed by atoms with Crippen LogP contribution in [0.2, 0.25) is 0 Å². The maximum absolute atomic E-state index is 11.7. The van der Waals surface area contributed by atoms with E-state index in [1.54, 1.807) is 6.92 Å². The highest BCUT2D eigenvalue weighted by Gasteiger charge is 2.32. The highest BCUT2D eigenvalue weighted by molar-refractivity contribution is 5.93. The van der Waals surface area contributed by atoms with Gasteiger partial charge in [0.25, 0.3) is 11.8 Å². The molecule has 0 aliphatic carbocycles. The number of carbonyl (C=O) groups is 3. The molecule has 1 aromatic heterocycles. The van der Waals surface area contributed by atoms with Gasteiger partial charge in [0.1, 0.15) is 0 Å². The number of oxazole rings is 1. The summed E-state index contributed by atoms with van der Waals surface area (Å²) in [6.45, 7) is 2.04. The van der Waals surface area contributed by atoms with Crippen LogP contribution in [0.1, 0.15) is 26.9 Å². The van der Waals surface area contributed by atoms with Crippen molar-refractivity contribution in [1.82, 2.24) is 15.2 Å². The van der Waals surface area contributed by atoms with Crippen LogP contribution in [0.3, 0.4) is 0 Å². The fraction of sp³-hybridized carbons (Fsp3) is 0.400. The SMILES string of the molecule is Cc1nc(C=O)oc1C(=O)NC1CN(C(=O)O)C1. The highest BCUT2D eigenvalue weighted by Crippen LogP contribution is 2.12. The largest absolute Gasteiger partial charge is 0.465 e. The minimum absolute atomic E-state index is 0.0223. The molecule has 2 amide bonds. The second-order valence-electron chi connectivity index (χ2n) is 3.94. The zero-order chi connectivity index (χ0) is 13.3. The second-order valence-corrected chi connectivity index (χ2v) is 3.94. The molecule has 0 saturated carbocycles. The van der Waals surface area contributed by atoms with Crippen molar-refractivity contribution in [3.05, 3.63) is 17.3 Å². The first kappa shape index (κ1) is 12.1. The van der Waals surface area contributed by atoms with E-state index in [2.05, 4.69) is 10.3 Å². The molecule has 1 aliphatic heterocycles. The smallest absolute Gasteiger partial charge is 0.407 e. The number of carboxylic acid groups (broad SMARTS) is 1. The van der Waals surface area contributed by atoms with Gasteiger partial charge in [0.2, 0.25) is 12.0 Å². The first-order valence-corrected chi connectivity index (χ1v) is 5.22. The molecule has 0 bridgehead atoms. The molecule has 1 aliphatic rings. The Hall–Kier alpha value is -2.38. The Kier molecular flexibility index (Phi) is 3.00. The normalized spacial score (nSPS) is 15.1. The third kappa shape index (κ3) is 2.17. The predicted molar refractivity (Wildman–Crippen MR) is 57.5 cm³/mol. The Morgan fingerprint density at radius 1 is 1.56 bits per heavy atom. The average Bonchev–Trinajstić information content (AvgIpc) is 2.63. The summed E-state index contributed by atoms with van der Waals surface area (Å²) in [5.74, 6) is -0.674. The zero-order valence-corrected chi connectivity index (χ0v) is 9.54. The minimum atomic E-state index is -1.01. The molecule has 18 heavy (non-hydrogen) atoms. The van der Waals surface area contributed by atoms with Crippen LogP contribution in [-0.2, 0) is 0 Å². The van der Waals surface area contributed by atoms with E-state index in [-0.39, 0.29) is 30.8 Å². The molecule has 96 valence electrons. The van der Waals surface area contributed by atoms with Gasteiger partial charge in [-0.05, 0) is 6.92 Å². The van der Waals surface area contributed by atoms with Gasteiger partial charge in [-0.1, -0.05) is 0 Å². The van der Waals surface area contributed by atoms with Crippen molar-refractivity contribution in [2.24, 2.45) is 0 Å². The number of aryl methyl sites for hydroxylation is 1. The molecular weight excluding hydrogens is 242 g/mol. The molecular formula is C10H11N3O5. The van der Waals surface area contributed by atoms with Crippen molar-refractivity contribution in [2.75, 3.05) is 13.1 Å². The van der Waals surface area contributed by atoms with Gasteiger partial charge in [0, 0.05) is 13.1 Å². The van der Waals surface area contributed by atoms with Crippen LogP contribution in [-0.4, -0.2) is 52.4 Å². The van der Waals surface area contributed by atoms with Crippen molar-refractivity contribution < 1.29 is 23.9 Å². The van der Waals surface area contributed by atoms with E-state index >= 15 is 0 Å². The monoisotopic (exact) mass is 253 g/mol. The van der Waals surface area contributed by atoms with Gasteiger partial charge < -0.3 is 19.7 Å². The maximum atomic E-state index is 11.7. The van der Waals surface area contributed by atoms with Crippen molar-refractivity contribution in [1.29, 1.82) is 0 Å². The summed E-state index contributed by atoms with van der Waals surface area (Å²) in [6.07, 6.45) is -0.598. The molecule has 0 unspecified atom stereocenters. The molecule has 0 radical (unpaired) electrons. The number of aldehydes is 1.